The number of carbonyl (C=O) groups is 1. The summed E-state index contributed by atoms with van der Waals surface area (Å²) in [4.78, 5) is 15.6. The summed E-state index contributed by atoms with van der Waals surface area (Å²) in [5, 5.41) is 6.16. The molecule has 1 unspecified atom stereocenters. The Morgan fingerprint density at radius 3 is 2.81 bits per heavy atom. The molecule has 0 spiro atoms. The van der Waals surface area contributed by atoms with Crippen molar-refractivity contribution < 1.29 is 9.53 Å². The molecule has 5 heteroatoms. The Kier molecular flexibility index (Phi) is 5.29. The molecule has 110 valence electrons. The molecule has 0 radical (unpaired) electrons. The highest BCUT2D eigenvalue weighted by Gasteiger charge is 2.06. The van der Waals surface area contributed by atoms with E-state index in [2.05, 4.69) is 22.5 Å². The fraction of sp³-hybridized carbons (Fsp3) is 0.250. The van der Waals surface area contributed by atoms with Gasteiger partial charge < -0.3 is 15.4 Å². The highest BCUT2D eigenvalue weighted by atomic mass is 16.5. The number of pyridine rings is 1. The minimum atomic E-state index is -0.171. The van der Waals surface area contributed by atoms with Gasteiger partial charge in [-0.1, -0.05) is 12.1 Å². The van der Waals surface area contributed by atoms with E-state index in [1.165, 1.54) is 7.11 Å². The molecule has 0 aliphatic carbocycles. The Balaban J connectivity index is 2.02. The summed E-state index contributed by atoms with van der Waals surface area (Å²) in [7, 11) is 1.49. The molecular formula is C16H19N3O2. The van der Waals surface area contributed by atoms with Crippen molar-refractivity contribution in [3.05, 3.63) is 54.4 Å². The summed E-state index contributed by atoms with van der Waals surface area (Å²) in [6.07, 6.45) is 3.59. The van der Waals surface area contributed by atoms with Crippen molar-refractivity contribution in [3.63, 3.8) is 0 Å². The third-order valence-corrected chi connectivity index (χ3v) is 2.99. The van der Waals surface area contributed by atoms with E-state index < -0.39 is 0 Å². The second kappa shape index (κ2) is 7.40. The van der Waals surface area contributed by atoms with E-state index in [0.29, 0.717) is 0 Å². The van der Waals surface area contributed by atoms with Crippen LogP contribution in [0.5, 0.6) is 0 Å². The van der Waals surface area contributed by atoms with Gasteiger partial charge in [-0.2, -0.15) is 0 Å². The number of hydrogen-bond donors (Lipinski definition) is 2. The predicted molar refractivity (Wildman–Crippen MR) is 83.2 cm³/mol. The molecule has 2 N–H and O–H groups in total. The molecule has 1 heterocycles. The molecule has 1 aromatic carbocycles. The number of methoxy groups -OCH3 is 1. The molecule has 21 heavy (non-hydrogen) atoms. The smallest absolute Gasteiger partial charge is 0.250 e. The van der Waals surface area contributed by atoms with Crippen LogP contribution in [0.2, 0.25) is 0 Å². The second-order valence-corrected chi connectivity index (χ2v) is 4.71. The molecule has 0 fully saturated rings. The van der Waals surface area contributed by atoms with Crippen LogP contribution < -0.4 is 10.6 Å². The lowest BCUT2D eigenvalue weighted by Gasteiger charge is -2.16. The van der Waals surface area contributed by atoms with Crippen molar-refractivity contribution in [2.24, 2.45) is 0 Å². The molecule has 0 saturated carbocycles. The average Bonchev–Trinajstić information content (AvgIpc) is 2.48. The maximum atomic E-state index is 11.5. The molecule has 0 saturated heterocycles. The Hall–Kier alpha value is -2.40. The zero-order chi connectivity index (χ0) is 15.1. The van der Waals surface area contributed by atoms with E-state index >= 15 is 0 Å². The van der Waals surface area contributed by atoms with Crippen LogP contribution in [0, 0.1) is 0 Å². The van der Waals surface area contributed by atoms with Gasteiger partial charge in [-0.05, 0) is 36.8 Å². The molecule has 1 amide bonds. The number of aromatic nitrogens is 1. The number of carbonyl (C=O) groups excluding carboxylic acids is 1. The van der Waals surface area contributed by atoms with Crippen LogP contribution in [-0.4, -0.2) is 24.6 Å². The summed E-state index contributed by atoms with van der Waals surface area (Å²) in [6.45, 7) is 2.11. The Morgan fingerprint density at radius 2 is 2.10 bits per heavy atom. The minimum absolute atomic E-state index is 0.0454. The van der Waals surface area contributed by atoms with Gasteiger partial charge in [0.15, 0.2) is 0 Å². The minimum Gasteiger partial charge on any atom is -0.378 e. The first-order chi connectivity index (χ1) is 10.2. The number of amides is 1. The summed E-state index contributed by atoms with van der Waals surface area (Å²) < 4.78 is 4.79. The summed E-state index contributed by atoms with van der Waals surface area (Å²) in [6, 6.07) is 11.6. The SMILES string of the molecule is COCC(=O)Nc1cccc(NC(C)c2cccnc2)c1. The third-order valence-electron chi connectivity index (χ3n) is 2.99. The van der Waals surface area contributed by atoms with Crippen LogP contribution in [0.25, 0.3) is 0 Å². The van der Waals surface area contributed by atoms with Crippen molar-refractivity contribution in [2.75, 3.05) is 24.4 Å². The lowest BCUT2D eigenvalue weighted by Crippen LogP contribution is -2.17. The molecule has 0 bridgehead atoms. The van der Waals surface area contributed by atoms with Crippen LogP contribution in [0.1, 0.15) is 18.5 Å². The van der Waals surface area contributed by atoms with Crippen LogP contribution in [0.3, 0.4) is 0 Å². The molecule has 0 aliphatic heterocycles. The topological polar surface area (TPSA) is 63.2 Å². The number of nitrogens with one attached hydrogen (secondary N) is 2. The van der Waals surface area contributed by atoms with Gasteiger partial charge in [0.1, 0.15) is 6.61 Å². The lowest BCUT2D eigenvalue weighted by atomic mass is 10.1. The summed E-state index contributed by atoms with van der Waals surface area (Å²) in [5.41, 5.74) is 2.77. The maximum Gasteiger partial charge on any atom is 0.250 e. The van der Waals surface area contributed by atoms with Crippen LogP contribution in [0.15, 0.2) is 48.8 Å². The van der Waals surface area contributed by atoms with Crippen molar-refractivity contribution in [3.8, 4) is 0 Å². The number of nitrogens with zero attached hydrogens (tertiary/aromatic N) is 1. The molecule has 2 rings (SSSR count). The number of anilines is 2. The van der Waals surface area contributed by atoms with Crippen LogP contribution in [-0.2, 0) is 9.53 Å². The standard InChI is InChI=1S/C16H19N3O2/c1-12(13-5-4-8-17-10-13)18-14-6-3-7-15(9-14)19-16(20)11-21-2/h3-10,12,18H,11H2,1-2H3,(H,19,20). The van der Waals surface area contributed by atoms with Gasteiger partial charge in [0.05, 0.1) is 6.04 Å². The predicted octanol–water partition coefficient (Wildman–Crippen LogP) is 2.84. The molecule has 5 nitrogen and oxygen atoms in total. The summed E-state index contributed by atoms with van der Waals surface area (Å²) in [5.74, 6) is -0.171. The Labute approximate surface area is 124 Å². The van der Waals surface area contributed by atoms with Crippen molar-refractivity contribution in [2.45, 2.75) is 13.0 Å². The number of ether oxygens (including phenoxy) is 1. The monoisotopic (exact) mass is 285 g/mol. The van der Waals surface area contributed by atoms with E-state index in [1.807, 2.05) is 42.6 Å². The average molecular weight is 285 g/mol. The number of hydrogen-bond acceptors (Lipinski definition) is 4. The Bertz CT molecular complexity index is 587. The summed E-state index contributed by atoms with van der Waals surface area (Å²) >= 11 is 0. The molecule has 1 aromatic heterocycles. The highest BCUT2D eigenvalue weighted by molar-refractivity contribution is 5.92. The van der Waals surface area contributed by atoms with Gasteiger partial charge in [0.2, 0.25) is 5.91 Å². The second-order valence-electron chi connectivity index (χ2n) is 4.71. The number of benzene rings is 1. The first kappa shape index (κ1) is 15.0. The molecular weight excluding hydrogens is 266 g/mol. The lowest BCUT2D eigenvalue weighted by molar-refractivity contribution is -0.119. The van der Waals surface area contributed by atoms with Crippen molar-refractivity contribution in [1.29, 1.82) is 0 Å². The fourth-order valence-electron chi connectivity index (χ4n) is 1.98. The van der Waals surface area contributed by atoms with Crippen molar-refractivity contribution >= 4 is 17.3 Å². The first-order valence-corrected chi connectivity index (χ1v) is 6.74. The van der Waals surface area contributed by atoms with E-state index in [9.17, 15) is 4.79 Å². The largest absolute Gasteiger partial charge is 0.378 e. The van der Waals surface area contributed by atoms with Gasteiger partial charge in [-0.15, -0.1) is 0 Å². The van der Waals surface area contributed by atoms with E-state index in [0.717, 1.165) is 16.9 Å². The van der Waals surface area contributed by atoms with Gasteiger partial charge in [0, 0.05) is 30.9 Å². The quantitative estimate of drug-likeness (QED) is 0.856. The van der Waals surface area contributed by atoms with Crippen LogP contribution in [0.4, 0.5) is 11.4 Å². The first-order valence-electron chi connectivity index (χ1n) is 6.74. The maximum absolute atomic E-state index is 11.5. The van der Waals surface area contributed by atoms with E-state index in [1.54, 1.807) is 6.20 Å². The Morgan fingerprint density at radius 1 is 1.29 bits per heavy atom. The molecule has 2 aromatic rings. The molecule has 0 aliphatic rings. The van der Waals surface area contributed by atoms with E-state index in [4.69, 9.17) is 4.74 Å². The van der Waals surface area contributed by atoms with Gasteiger partial charge in [0.25, 0.3) is 0 Å². The fourth-order valence-corrected chi connectivity index (χ4v) is 1.98. The zero-order valence-corrected chi connectivity index (χ0v) is 12.2. The van der Waals surface area contributed by atoms with E-state index in [-0.39, 0.29) is 18.6 Å². The van der Waals surface area contributed by atoms with Crippen LogP contribution >= 0.6 is 0 Å². The highest BCUT2D eigenvalue weighted by Crippen LogP contribution is 2.21. The van der Waals surface area contributed by atoms with Gasteiger partial charge in [-0.3, -0.25) is 9.78 Å². The molecule has 1 atom stereocenters. The van der Waals surface area contributed by atoms with Crippen molar-refractivity contribution in [1.82, 2.24) is 4.98 Å². The zero-order valence-electron chi connectivity index (χ0n) is 12.2. The van der Waals surface area contributed by atoms with Gasteiger partial charge in [-0.25, -0.2) is 0 Å². The third kappa shape index (κ3) is 4.57. The van der Waals surface area contributed by atoms with Gasteiger partial charge >= 0.3 is 0 Å². The normalized spacial score (nSPS) is 11.7. The number of rotatable bonds is 6.